The number of ether oxygens (including phenoxy) is 1. The van der Waals surface area contributed by atoms with E-state index >= 15 is 0 Å². The molecule has 5 heteroatoms. The Kier molecular flexibility index (Phi) is 7.86. The topological polar surface area (TPSA) is 58.6 Å². The van der Waals surface area contributed by atoms with Crippen LogP contribution in [0, 0.1) is 0 Å². The number of unbranched alkanes of at least 4 members (excludes halogenated alkanes) is 5. The molecule has 4 nitrogen and oxygen atoms in total. The van der Waals surface area contributed by atoms with Gasteiger partial charge in [-0.1, -0.05) is 56.7 Å². The maximum atomic E-state index is 10.9. The molecule has 24 heavy (non-hydrogen) atoms. The highest BCUT2D eigenvalue weighted by Crippen LogP contribution is 2.26. The molecule has 0 radical (unpaired) electrons. The minimum atomic E-state index is -0.826. The maximum absolute atomic E-state index is 10.9. The van der Waals surface area contributed by atoms with Gasteiger partial charge >= 0.3 is 5.97 Å². The number of halogens is 1. The summed E-state index contributed by atoms with van der Waals surface area (Å²) in [4.78, 5) is 10.9. The van der Waals surface area contributed by atoms with E-state index < -0.39 is 12.0 Å². The largest absolute Gasteiger partial charge is 0.489 e. The van der Waals surface area contributed by atoms with Crippen LogP contribution in [0.4, 0.5) is 0 Å². The molecule has 1 aromatic rings. The van der Waals surface area contributed by atoms with Gasteiger partial charge < -0.3 is 15.2 Å². The third-order valence-electron chi connectivity index (χ3n) is 4.52. The number of carboxylic acid groups (broad SMARTS) is 1. The number of aryl methyl sites for hydroxylation is 1. The second kappa shape index (κ2) is 9.90. The number of benzene rings is 1. The first kappa shape index (κ1) is 19.1. The maximum Gasteiger partial charge on any atom is 0.320 e. The molecule has 2 rings (SSSR count). The summed E-state index contributed by atoms with van der Waals surface area (Å²) in [5.41, 5.74) is 1.16. The van der Waals surface area contributed by atoms with Crippen molar-refractivity contribution in [3.8, 4) is 5.75 Å². The van der Waals surface area contributed by atoms with E-state index in [1.54, 1.807) is 0 Å². The highest BCUT2D eigenvalue weighted by Gasteiger charge is 2.30. The van der Waals surface area contributed by atoms with E-state index in [2.05, 4.69) is 12.2 Å². The van der Waals surface area contributed by atoms with Gasteiger partial charge in [-0.25, -0.2) is 0 Å². The van der Waals surface area contributed by atoms with Crippen LogP contribution in [0.15, 0.2) is 18.2 Å². The van der Waals surface area contributed by atoms with E-state index in [0.717, 1.165) is 23.4 Å². The van der Waals surface area contributed by atoms with Gasteiger partial charge in [0.05, 0.1) is 0 Å². The minimum absolute atomic E-state index is 0.119. The van der Waals surface area contributed by atoms with Crippen LogP contribution in [0.5, 0.6) is 5.75 Å². The summed E-state index contributed by atoms with van der Waals surface area (Å²) >= 11 is 6.37. The zero-order chi connectivity index (χ0) is 17.4. The Morgan fingerprint density at radius 3 is 2.71 bits per heavy atom. The smallest absolute Gasteiger partial charge is 0.320 e. The fourth-order valence-electron chi connectivity index (χ4n) is 3.07. The molecule has 2 N–H and O–H groups in total. The lowest BCUT2D eigenvalue weighted by Gasteiger charge is -2.14. The second-order valence-electron chi connectivity index (χ2n) is 6.55. The summed E-state index contributed by atoms with van der Waals surface area (Å²) < 4.78 is 5.85. The van der Waals surface area contributed by atoms with E-state index in [1.807, 2.05) is 18.2 Å². The summed E-state index contributed by atoms with van der Waals surface area (Å²) in [7, 11) is 0. The first-order valence-corrected chi connectivity index (χ1v) is 9.39. The van der Waals surface area contributed by atoms with Crippen molar-refractivity contribution in [3.63, 3.8) is 0 Å². The summed E-state index contributed by atoms with van der Waals surface area (Å²) in [5.74, 6) is -0.113. The second-order valence-corrected chi connectivity index (χ2v) is 6.95. The average molecular weight is 354 g/mol. The number of carboxylic acids is 1. The molecule has 0 amide bonds. The molecule has 0 bridgehead atoms. The van der Waals surface area contributed by atoms with E-state index in [9.17, 15) is 4.79 Å². The third kappa shape index (κ3) is 5.99. The van der Waals surface area contributed by atoms with Crippen LogP contribution in [0.3, 0.4) is 0 Å². The molecular formula is C19H28ClNO3. The van der Waals surface area contributed by atoms with Crippen molar-refractivity contribution >= 4 is 17.6 Å². The molecule has 1 fully saturated rings. The van der Waals surface area contributed by atoms with Crippen molar-refractivity contribution in [2.45, 2.75) is 70.4 Å². The summed E-state index contributed by atoms with van der Waals surface area (Å²) in [6.45, 7) is 2.78. The predicted molar refractivity (Wildman–Crippen MR) is 97.0 cm³/mol. The fraction of sp³-hybridized carbons (Fsp3) is 0.632. The van der Waals surface area contributed by atoms with Crippen LogP contribution in [0.25, 0.3) is 0 Å². The van der Waals surface area contributed by atoms with Crippen LogP contribution < -0.4 is 10.1 Å². The quantitative estimate of drug-likeness (QED) is 0.610. The predicted octanol–water partition coefficient (Wildman–Crippen LogP) is 4.44. The van der Waals surface area contributed by atoms with Crippen molar-refractivity contribution in [1.29, 1.82) is 0 Å². The van der Waals surface area contributed by atoms with Crippen molar-refractivity contribution in [1.82, 2.24) is 5.32 Å². The molecular weight excluding hydrogens is 326 g/mol. The summed E-state index contributed by atoms with van der Waals surface area (Å²) in [6.07, 6.45) is 8.99. The molecule has 0 aromatic heterocycles. The number of nitrogens with one attached hydrogen (secondary N) is 1. The van der Waals surface area contributed by atoms with Crippen molar-refractivity contribution in [2.75, 3.05) is 6.54 Å². The lowest BCUT2D eigenvalue weighted by Crippen LogP contribution is -2.30. The van der Waals surface area contributed by atoms with Gasteiger partial charge in [-0.3, -0.25) is 4.79 Å². The molecule has 1 aromatic carbocycles. The highest BCUT2D eigenvalue weighted by molar-refractivity contribution is 6.31. The summed E-state index contributed by atoms with van der Waals surface area (Å²) in [5, 5.41) is 12.7. The number of hydrogen-bond donors (Lipinski definition) is 2. The molecule has 1 aliphatic rings. The van der Waals surface area contributed by atoms with Gasteiger partial charge in [0.15, 0.2) is 0 Å². The van der Waals surface area contributed by atoms with Gasteiger partial charge in [0.2, 0.25) is 0 Å². The average Bonchev–Trinajstić information content (AvgIpc) is 3.01. The Balaban J connectivity index is 1.76. The number of rotatable bonds is 10. The molecule has 1 aliphatic heterocycles. The third-order valence-corrected chi connectivity index (χ3v) is 4.87. The number of aliphatic carboxylic acids is 1. The Labute approximate surface area is 149 Å². The van der Waals surface area contributed by atoms with E-state index in [1.165, 1.54) is 32.1 Å². The van der Waals surface area contributed by atoms with Crippen molar-refractivity contribution in [3.05, 3.63) is 28.8 Å². The van der Waals surface area contributed by atoms with E-state index in [0.29, 0.717) is 18.7 Å². The molecule has 2 atom stereocenters. The van der Waals surface area contributed by atoms with Gasteiger partial charge in [0.1, 0.15) is 17.9 Å². The zero-order valence-electron chi connectivity index (χ0n) is 14.4. The van der Waals surface area contributed by atoms with Gasteiger partial charge in [0, 0.05) is 18.0 Å². The SMILES string of the molecule is CCCCCCCCc1ccc(O[C@H]2CN[C@@H](C(=O)O)C2)cc1Cl. The van der Waals surface area contributed by atoms with Gasteiger partial charge in [-0.2, -0.15) is 0 Å². The van der Waals surface area contributed by atoms with E-state index in [4.69, 9.17) is 21.4 Å². The Hall–Kier alpha value is -1.26. The lowest BCUT2D eigenvalue weighted by atomic mass is 10.0. The van der Waals surface area contributed by atoms with Gasteiger partial charge in [-0.15, -0.1) is 0 Å². The summed E-state index contributed by atoms with van der Waals surface area (Å²) in [6, 6.07) is 5.30. The lowest BCUT2D eigenvalue weighted by molar-refractivity contribution is -0.139. The first-order chi connectivity index (χ1) is 11.6. The van der Waals surface area contributed by atoms with Crippen molar-refractivity contribution < 1.29 is 14.6 Å². The fourth-order valence-corrected chi connectivity index (χ4v) is 3.34. The number of carbonyl (C=O) groups is 1. The normalized spacial score (nSPS) is 20.2. The monoisotopic (exact) mass is 353 g/mol. The van der Waals surface area contributed by atoms with Gasteiger partial charge in [-0.05, 0) is 30.5 Å². The minimum Gasteiger partial charge on any atom is -0.489 e. The molecule has 1 heterocycles. The molecule has 0 saturated carbocycles. The van der Waals surface area contributed by atoms with Crippen LogP contribution in [-0.2, 0) is 11.2 Å². The molecule has 134 valence electrons. The van der Waals surface area contributed by atoms with Crippen LogP contribution in [-0.4, -0.2) is 29.8 Å². The first-order valence-electron chi connectivity index (χ1n) is 9.01. The van der Waals surface area contributed by atoms with E-state index in [-0.39, 0.29) is 6.10 Å². The zero-order valence-corrected chi connectivity index (χ0v) is 15.1. The van der Waals surface area contributed by atoms with Crippen LogP contribution in [0.1, 0.15) is 57.4 Å². The van der Waals surface area contributed by atoms with Gasteiger partial charge in [0.25, 0.3) is 0 Å². The van der Waals surface area contributed by atoms with Crippen LogP contribution >= 0.6 is 11.6 Å². The molecule has 0 unspecified atom stereocenters. The molecule has 0 spiro atoms. The Bertz CT molecular complexity index is 535. The number of hydrogen-bond acceptors (Lipinski definition) is 3. The van der Waals surface area contributed by atoms with Crippen molar-refractivity contribution in [2.24, 2.45) is 0 Å². The highest BCUT2D eigenvalue weighted by atomic mass is 35.5. The van der Waals surface area contributed by atoms with Crippen LogP contribution in [0.2, 0.25) is 5.02 Å². The molecule has 1 saturated heterocycles. The Morgan fingerprint density at radius 1 is 1.29 bits per heavy atom. The molecule has 0 aliphatic carbocycles. The standard InChI is InChI=1S/C19H28ClNO3/c1-2-3-4-5-6-7-8-14-9-10-15(11-17(14)20)24-16-12-18(19(22)23)21-13-16/h9-11,16,18,21H,2-8,12-13H2,1H3,(H,22,23)/t16-,18-/m1/s1. The Morgan fingerprint density at radius 2 is 2.04 bits per heavy atom.